The number of aromatic nitrogens is 4. The number of anilines is 1. The first kappa shape index (κ1) is 16.9. The summed E-state index contributed by atoms with van der Waals surface area (Å²) in [6.07, 6.45) is 5.57. The molecule has 1 aliphatic rings. The van der Waals surface area contributed by atoms with Gasteiger partial charge in [-0.2, -0.15) is 5.10 Å². The average Bonchev–Trinajstić information content (AvgIpc) is 3.18. The van der Waals surface area contributed by atoms with Gasteiger partial charge >= 0.3 is 0 Å². The summed E-state index contributed by atoms with van der Waals surface area (Å²) in [7, 11) is 0. The molecule has 28 heavy (non-hydrogen) atoms. The fourth-order valence-electron chi connectivity index (χ4n) is 3.77. The highest BCUT2D eigenvalue weighted by atomic mass is 15.2. The second-order valence-corrected chi connectivity index (χ2v) is 7.29. The standard InChI is InChI=1S/C22H22N6/c23-17-8-10-28(11-9-17)21-14-24-13-20(25-21)22-18-12-16(6-7-19(18)26-27-22)15-4-2-1-3-5-15/h1-7,12-14,17H,8-11,23H2,(H,26,27). The zero-order valence-corrected chi connectivity index (χ0v) is 15.5. The molecule has 6 heteroatoms. The molecule has 4 aromatic rings. The molecule has 0 atom stereocenters. The zero-order chi connectivity index (χ0) is 18.9. The Morgan fingerprint density at radius 2 is 1.79 bits per heavy atom. The van der Waals surface area contributed by atoms with Crippen LogP contribution < -0.4 is 10.6 Å². The Bertz CT molecular complexity index is 1100. The number of nitrogens with zero attached hydrogens (tertiary/aromatic N) is 4. The van der Waals surface area contributed by atoms with E-state index < -0.39 is 0 Å². The van der Waals surface area contributed by atoms with Gasteiger partial charge in [-0.25, -0.2) is 4.98 Å². The van der Waals surface area contributed by atoms with Crippen LogP contribution in [0, 0.1) is 0 Å². The quantitative estimate of drug-likeness (QED) is 0.575. The van der Waals surface area contributed by atoms with Gasteiger partial charge in [0.2, 0.25) is 0 Å². The van der Waals surface area contributed by atoms with Crippen molar-refractivity contribution in [3.05, 3.63) is 60.9 Å². The first-order chi connectivity index (χ1) is 13.8. The van der Waals surface area contributed by atoms with Gasteiger partial charge in [-0.1, -0.05) is 36.4 Å². The number of piperidine rings is 1. The Morgan fingerprint density at radius 1 is 0.964 bits per heavy atom. The molecule has 1 aliphatic heterocycles. The summed E-state index contributed by atoms with van der Waals surface area (Å²) in [5.41, 5.74) is 11.0. The number of rotatable bonds is 3. The monoisotopic (exact) mass is 370 g/mol. The van der Waals surface area contributed by atoms with Crippen LogP contribution in [0.2, 0.25) is 0 Å². The first-order valence-electron chi connectivity index (χ1n) is 9.64. The molecule has 0 bridgehead atoms. The summed E-state index contributed by atoms with van der Waals surface area (Å²) in [5, 5.41) is 8.70. The molecule has 140 valence electrons. The highest BCUT2D eigenvalue weighted by Crippen LogP contribution is 2.30. The Morgan fingerprint density at radius 3 is 2.61 bits per heavy atom. The Kier molecular flexibility index (Phi) is 4.25. The van der Waals surface area contributed by atoms with Gasteiger partial charge in [-0.3, -0.25) is 10.1 Å². The van der Waals surface area contributed by atoms with Gasteiger partial charge < -0.3 is 10.6 Å². The van der Waals surface area contributed by atoms with Crippen molar-refractivity contribution in [2.75, 3.05) is 18.0 Å². The molecule has 2 aromatic heterocycles. The average molecular weight is 370 g/mol. The van der Waals surface area contributed by atoms with Crippen molar-refractivity contribution < 1.29 is 0 Å². The van der Waals surface area contributed by atoms with Crippen LogP contribution in [-0.2, 0) is 0 Å². The number of fused-ring (bicyclic) bond motifs is 1. The topological polar surface area (TPSA) is 83.7 Å². The lowest BCUT2D eigenvalue weighted by molar-refractivity contribution is 0.498. The van der Waals surface area contributed by atoms with Crippen molar-refractivity contribution in [1.29, 1.82) is 0 Å². The number of aromatic amines is 1. The molecule has 2 aromatic carbocycles. The Hall–Kier alpha value is -3.25. The highest BCUT2D eigenvalue weighted by molar-refractivity contribution is 5.94. The predicted octanol–water partition coefficient (Wildman–Crippen LogP) is 3.61. The second kappa shape index (κ2) is 7.05. The lowest BCUT2D eigenvalue weighted by Crippen LogP contribution is -2.40. The molecule has 3 heterocycles. The molecular formula is C22H22N6. The summed E-state index contributed by atoms with van der Waals surface area (Å²) >= 11 is 0. The molecule has 0 unspecified atom stereocenters. The van der Waals surface area contributed by atoms with Crippen LogP contribution in [0.4, 0.5) is 5.82 Å². The molecule has 1 saturated heterocycles. The van der Waals surface area contributed by atoms with Gasteiger partial charge in [0.15, 0.2) is 0 Å². The number of benzene rings is 2. The van der Waals surface area contributed by atoms with Gasteiger partial charge in [-0.15, -0.1) is 0 Å². The third kappa shape index (κ3) is 3.12. The fourth-order valence-corrected chi connectivity index (χ4v) is 3.77. The zero-order valence-electron chi connectivity index (χ0n) is 15.5. The van der Waals surface area contributed by atoms with Crippen LogP contribution in [0.25, 0.3) is 33.4 Å². The molecule has 5 rings (SSSR count). The second-order valence-electron chi connectivity index (χ2n) is 7.29. The van der Waals surface area contributed by atoms with Crippen molar-refractivity contribution in [1.82, 2.24) is 20.2 Å². The van der Waals surface area contributed by atoms with E-state index in [9.17, 15) is 0 Å². The van der Waals surface area contributed by atoms with E-state index in [4.69, 9.17) is 10.7 Å². The minimum atomic E-state index is 0.291. The third-order valence-corrected chi connectivity index (χ3v) is 5.40. The van der Waals surface area contributed by atoms with Crippen molar-refractivity contribution in [3.63, 3.8) is 0 Å². The molecule has 0 aliphatic carbocycles. The van der Waals surface area contributed by atoms with Gasteiger partial charge in [0, 0.05) is 24.5 Å². The van der Waals surface area contributed by atoms with Gasteiger partial charge in [0.05, 0.1) is 17.9 Å². The molecule has 1 fully saturated rings. The molecule has 0 amide bonds. The van der Waals surface area contributed by atoms with E-state index in [1.54, 1.807) is 6.20 Å². The summed E-state index contributed by atoms with van der Waals surface area (Å²) in [4.78, 5) is 11.5. The third-order valence-electron chi connectivity index (χ3n) is 5.40. The molecule has 0 saturated carbocycles. The number of nitrogens with two attached hydrogens (primary N) is 1. The number of hydrogen-bond acceptors (Lipinski definition) is 5. The highest BCUT2D eigenvalue weighted by Gasteiger charge is 2.19. The van der Waals surface area contributed by atoms with Crippen LogP contribution in [0.3, 0.4) is 0 Å². The van der Waals surface area contributed by atoms with Gasteiger partial charge in [-0.05, 0) is 36.1 Å². The lowest BCUT2D eigenvalue weighted by atomic mass is 10.0. The molecule has 3 N–H and O–H groups in total. The molecule has 0 radical (unpaired) electrons. The minimum absolute atomic E-state index is 0.291. The molecular weight excluding hydrogens is 348 g/mol. The predicted molar refractivity (Wildman–Crippen MR) is 112 cm³/mol. The SMILES string of the molecule is NC1CCN(c2cncc(-c3n[nH]c4ccc(-c5ccccc5)cc34)n2)CC1. The smallest absolute Gasteiger partial charge is 0.147 e. The van der Waals surface area contributed by atoms with Crippen LogP contribution in [0.1, 0.15) is 12.8 Å². The van der Waals surface area contributed by atoms with Crippen LogP contribution in [-0.4, -0.2) is 39.3 Å². The number of hydrogen-bond donors (Lipinski definition) is 2. The summed E-state index contributed by atoms with van der Waals surface area (Å²) < 4.78 is 0. The van der Waals surface area contributed by atoms with Crippen LogP contribution in [0.15, 0.2) is 60.9 Å². The minimum Gasteiger partial charge on any atom is -0.355 e. The summed E-state index contributed by atoms with van der Waals surface area (Å²) in [5.74, 6) is 0.889. The van der Waals surface area contributed by atoms with E-state index in [1.807, 2.05) is 12.3 Å². The summed E-state index contributed by atoms with van der Waals surface area (Å²) in [6.45, 7) is 1.83. The normalized spacial score (nSPS) is 15.2. The maximum atomic E-state index is 6.03. The van der Waals surface area contributed by atoms with E-state index in [-0.39, 0.29) is 0 Å². The van der Waals surface area contributed by atoms with Crippen molar-refractivity contribution >= 4 is 16.7 Å². The van der Waals surface area contributed by atoms with E-state index in [0.29, 0.717) is 6.04 Å². The summed E-state index contributed by atoms with van der Waals surface area (Å²) in [6, 6.07) is 17.0. The Labute approximate surface area is 163 Å². The number of H-pyrrole nitrogens is 1. The Balaban J connectivity index is 1.53. The first-order valence-corrected chi connectivity index (χ1v) is 9.64. The fraction of sp³-hybridized carbons (Fsp3) is 0.227. The van der Waals surface area contributed by atoms with Crippen molar-refractivity contribution in [3.8, 4) is 22.5 Å². The lowest BCUT2D eigenvalue weighted by Gasteiger charge is -2.30. The van der Waals surface area contributed by atoms with Crippen LogP contribution >= 0.6 is 0 Å². The molecule has 0 spiro atoms. The van der Waals surface area contributed by atoms with Crippen molar-refractivity contribution in [2.45, 2.75) is 18.9 Å². The largest absolute Gasteiger partial charge is 0.355 e. The van der Waals surface area contributed by atoms with E-state index in [2.05, 4.69) is 62.5 Å². The van der Waals surface area contributed by atoms with Gasteiger partial charge in [0.25, 0.3) is 0 Å². The van der Waals surface area contributed by atoms with Crippen LogP contribution in [0.5, 0.6) is 0 Å². The van der Waals surface area contributed by atoms with E-state index >= 15 is 0 Å². The maximum absolute atomic E-state index is 6.03. The van der Waals surface area contributed by atoms with Gasteiger partial charge in [0.1, 0.15) is 17.2 Å². The van der Waals surface area contributed by atoms with E-state index in [1.165, 1.54) is 5.56 Å². The van der Waals surface area contributed by atoms with Crippen molar-refractivity contribution in [2.24, 2.45) is 5.73 Å². The number of nitrogens with one attached hydrogen (secondary N) is 1. The molecule has 6 nitrogen and oxygen atoms in total. The maximum Gasteiger partial charge on any atom is 0.147 e. The van der Waals surface area contributed by atoms with E-state index in [0.717, 1.165) is 59.6 Å².